The van der Waals surface area contributed by atoms with Crippen molar-refractivity contribution < 1.29 is 0 Å². The zero-order valence-corrected chi connectivity index (χ0v) is 8.65. The molecule has 0 aromatic carbocycles. The topological polar surface area (TPSA) is 42.7 Å². The van der Waals surface area contributed by atoms with E-state index in [0.717, 1.165) is 16.9 Å². The number of imidazole rings is 1. The van der Waals surface area contributed by atoms with Gasteiger partial charge in [0.05, 0.1) is 12.0 Å². The number of nitrogens with one attached hydrogen (secondary N) is 1. The Hall–Kier alpha value is -1.58. The van der Waals surface area contributed by atoms with Crippen LogP contribution in [-0.2, 0) is 0 Å². The highest BCUT2D eigenvalue weighted by Crippen LogP contribution is 2.21. The highest BCUT2D eigenvalue weighted by Gasteiger charge is 2.08. The highest BCUT2D eigenvalue weighted by molar-refractivity contribution is 5.85. The Balaban J connectivity index is 2.69. The Labute approximate surface area is 83.0 Å². The van der Waals surface area contributed by atoms with E-state index in [2.05, 4.69) is 33.7 Å². The lowest BCUT2D eigenvalue weighted by Gasteiger charge is -2.07. The Morgan fingerprint density at radius 1 is 1.36 bits per heavy atom. The molecular formula is C10H14N4. The molecule has 0 unspecified atom stereocenters. The van der Waals surface area contributed by atoms with Gasteiger partial charge in [-0.05, 0) is 19.9 Å². The van der Waals surface area contributed by atoms with E-state index in [1.165, 1.54) is 0 Å². The fourth-order valence-corrected chi connectivity index (χ4v) is 1.51. The van der Waals surface area contributed by atoms with Crippen LogP contribution in [0.2, 0.25) is 0 Å². The molecular weight excluding hydrogens is 176 g/mol. The lowest BCUT2D eigenvalue weighted by Crippen LogP contribution is -2.00. The van der Waals surface area contributed by atoms with Crippen LogP contribution in [0, 0.1) is 0 Å². The Morgan fingerprint density at radius 2 is 2.14 bits per heavy atom. The number of aromatic nitrogens is 3. The number of hydrogen-bond donors (Lipinski definition) is 1. The smallest absolute Gasteiger partial charge is 0.162 e. The maximum Gasteiger partial charge on any atom is 0.162 e. The molecule has 0 radical (unpaired) electrons. The molecule has 0 amide bonds. The quantitative estimate of drug-likeness (QED) is 0.788. The molecule has 0 aliphatic heterocycles. The number of hydrogen-bond acceptors (Lipinski definition) is 3. The first-order chi connectivity index (χ1) is 6.74. The molecule has 2 aromatic heterocycles. The van der Waals surface area contributed by atoms with Crippen LogP contribution < -0.4 is 5.32 Å². The molecule has 4 heteroatoms. The first kappa shape index (κ1) is 8.99. The van der Waals surface area contributed by atoms with E-state index < -0.39 is 0 Å². The summed E-state index contributed by atoms with van der Waals surface area (Å²) in [6, 6.07) is 2.32. The molecule has 0 aliphatic rings. The Morgan fingerprint density at radius 3 is 2.79 bits per heavy atom. The molecule has 0 bridgehead atoms. The first-order valence-corrected chi connectivity index (χ1v) is 4.73. The molecule has 0 aliphatic carbocycles. The minimum Gasteiger partial charge on any atom is -0.386 e. The molecule has 1 N–H and O–H groups in total. The van der Waals surface area contributed by atoms with Crippen molar-refractivity contribution in [2.24, 2.45) is 0 Å². The van der Waals surface area contributed by atoms with Gasteiger partial charge >= 0.3 is 0 Å². The lowest BCUT2D eigenvalue weighted by atomic mass is 10.3. The van der Waals surface area contributed by atoms with Gasteiger partial charge in [0.15, 0.2) is 5.65 Å². The van der Waals surface area contributed by atoms with Gasteiger partial charge in [-0.1, -0.05) is 0 Å². The average Bonchev–Trinajstić information content (AvgIpc) is 2.60. The van der Waals surface area contributed by atoms with Crippen molar-refractivity contribution in [2.75, 3.05) is 12.4 Å². The fourth-order valence-electron chi connectivity index (χ4n) is 1.51. The van der Waals surface area contributed by atoms with Crippen molar-refractivity contribution in [3.63, 3.8) is 0 Å². The van der Waals surface area contributed by atoms with Crippen LogP contribution >= 0.6 is 0 Å². The van der Waals surface area contributed by atoms with E-state index in [4.69, 9.17) is 0 Å². The Kier molecular flexibility index (Phi) is 2.11. The van der Waals surface area contributed by atoms with E-state index in [9.17, 15) is 0 Å². The third kappa shape index (κ3) is 1.23. The maximum atomic E-state index is 4.35. The molecule has 0 spiro atoms. The van der Waals surface area contributed by atoms with Gasteiger partial charge in [0.2, 0.25) is 0 Å². The number of fused-ring (bicyclic) bond motifs is 1. The van der Waals surface area contributed by atoms with Gasteiger partial charge in [-0.3, -0.25) is 0 Å². The molecule has 0 saturated heterocycles. The van der Waals surface area contributed by atoms with Crippen LogP contribution in [0.3, 0.4) is 0 Å². The van der Waals surface area contributed by atoms with Crippen molar-refractivity contribution in [3.8, 4) is 0 Å². The van der Waals surface area contributed by atoms with Gasteiger partial charge in [-0.2, -0.15) is 0 Å². The highest BCUT2D eigenvalue weighted by atomic mass is 15.1. The van der Waals surface area contributed by atoms with Gasteiger partial charge in [0.25, 0.3) is 0 Å². The molecule has 2 aromatic rings. The molecule has 4 nitrogen and oxygen atoms in total. The molecule has 74 valence electrons. The number of pyridine rings is 1. The molecule has 0 atom stereocenters. The second-order valence-electron chi connectivity index (χ2n) is 3.53. The molecule has 0 fully saturated rings. The predicted molar refractivity (Wildman–Crippen MR) is 57.5 cm³/mol. The van der Waals surface area contributed by atoms with Gasteiger partial charge in [-0.25, -0.2) is 9.97 Å². The van der Waals surface area contributed by atoms with Gasteiger partial charge in [0, 0.05) is 19.3 Å². The van der Waals surface area contributed by atoms with Crippen molar-refractivity contribution in [2.45, 2.75) is 19.9 Å². The fraction of sp³-hybridized carbons (Fsp3) is 0.400. The average molecular weight is 190 g/mol. The van der Waals surface area contributed by atoms with Crippen LogP contribution in [0.25, 0.3) is 11.2 Å². The molecule has 2 heterocycles. The summed E-state index contributed by atoms with van der Waals surface area (Å²) in [4.78, 5) is 8.68. The summed E-state index contributed by atoms with van der Waals surface area (Å²) in [6.45, 7) is 4.24. The molecule has 14 heavy (non-hydrogen) atoms. The minimum absolute atomic E-state index is 0.389. The number of rotatable bonds is 2. The summed E-state index contributed by atoms with van der Waals surface area (Å²) in [7, 11) is 1.89. The van der Waals surface area contributed by atoms with Gasteiger partial charge in [0.1, 0.15) is 5.52 Å². The van der Waals surface area contributed by atoms with Gasteiger partial charge in [-0.15, -0.1) is 0 Å². The zero-order valence-electron chi connectivity index (χ0n) is 8.65. The summed E-state index contributed by atoms with van der Waals surface area (Å²) in [5.41, 5.74) is 2.89. The molecule has 0 saturated carbocycles. The van der Waals surface area contributed by atoms with E-state index in [-0.39, 0.29) is 0 Å². The second-order valence-corrected chi connectivity index (χ2v) is 3.53. The van der Waals surface area contributed by atoms with Crippen LogP contribution in [0.15, 0.2) is 18.6 Å². The summed E-state index contributed by atoms with van der Waals surface area (Å²) in [6.07, 6.45) is 3.64. The summed E-state index contributed by atoms with van der Waals surface area (Å²) < 4.78 is 2.07. The third-order valence-electron chi connectivity index (χ3n) is 2.29. The number of nitrogens with zero attached hydrogens (tertiary/aromatic N) is 3. The predicted octanol–water partition coefficient (Wildman–Crippen LogP) is 2.05. The van der Waals surface area contributed by atoms with Crippen molar-refractivity contribution in [1.29, 1.82) is 0 Å². The van der Waals surface area contributed by atoms with E-state index >= 15 is 0 Å². The van der Waals surface area contributed by atoms with Crippen LogP contribution in [-0.4, -0.2) is 21.6 Å². The molecule has 2 rings (SSSR count). The summed E-state index contributed by atoms with van der Waals surface area (Å²) in [5, 5.41) is 3.11. The van der Waals surface area contributed by atoms with Crippen molar-refractivity contribution in [1.82, 2.24) is 14.5 Å². The first-order valence-electron chi connectivity index (χ1n) is 4.73. The minimum atomic E-state index is 0.389. The largest absolute Gasteiger partial charge is 0.386 e. The third-order valence-corrected chi connectivity index (χ3v) is 2.29. The zero-order chi connectivity index (χ0) is 10.1. The van der Waals surface area contributed by atoms with E-state index in [0.29, 0.717) is 6.04 Å². The maximum absolute atomic E-state index is 4.35. The monoisotopic (exact) mass is 190 g/mol. The summed E-state index contributed by atoms with van der Waals surface area (Å²) >= 11 is 0. The van der Waals surface area contributed by atoms with Crippen LogP contribution in [0.5, 0.6) is 0 Å². The lowest BCUT2D eigenvalue weighted by molar-refractivity contribution is 0.613. The number of anilines is 1. The summed E-state index contributed by atoms with van der Waals surface area (Å²) in [5.74, 6) is 0. The van der Waals surface area contributed by atoms with Crippen molar-refractivity contribution in [3.05, 3.63) is 18.6 Å². The van der Waals surface area contributed by atoms with E-state index in [1.54, 1.807) is 6.20 Å². The van der Waals surface area contributed by atoms with Gasteiger partial charge < -0.3 is 9.88 Å². The van der Waals surface area contributed by atoms with Crippen LogP contribution in [0.4, 0.5) is 5.69 Å². The Bertz CT molecular complexity index is 444. The van der Waals surface area contributed by atoms with Crippen molar-refractivity contribution >= 4 is 16.9 Å². The van der Waals surface area contributed by atoms with E-state index in [1.807, 2.05) is 19.4 Å². The van der Waals surface area contributed by atoms with Crippen LogP contribution in [0.1, 0.15) is 19.9 Å². The second kappa shape index (κ2) is 3.29. The standard InChI is InChI=1S/C10H14N4/c1-7(2)14-6-13-9-8(11-3)4-5-12-10(9)14/h4-7H,1-3H3,(H,11,12). The normalized spacial score (nSPS) is 11.1. The SMILES string of the molecule is CNc1ccnc2c1ncn2C(C)C.